The molecule has 1 N–H and O–H groups in total. The minimum atomic E-state index is -0.614. The predicted molar refractivity (Wildman–Crippen MR) is 103 cm³/mol. The second-order valence-electron chi connectivity index (χ2n) is 5.77. The maximum absolute atomic E-state index is 12.6. The van der Waals surface area contributed by atoms with Gasteiger partial charge in [-0.1, -0.05) is 0 Å². The Morgan fingerprint density at radius 1 is 1.25 bits per heavy atom. The number of hydrogen-bond acceptors (Lipinski definition) is 7. The second-order valence-corrected chi connectivity index (χ2v) is 6.16. The zero-order valence-corrected chi connectivity index (χ0v) is 15.5. The number of benzene rings is 1. The van der Waals surface area contributed by atoms with Crippen LogP contribution >= 0.6 is 12.2 Å². The zero-order chi connectivity index (χ0) is 20.3. The average Bonchev–Trinajstić information content (AvgIpc) is 3.14. The molecule has 144 valence electrons. The van der Waals surface area contributed by atoms with Gasteiger partial charge in [-0.05, 0) is 42.6 Å². The summed E-state index contributed by atoms with van der Waals surface area (Å²) in [7, 11) is 1.50. The third-order valence-electron chi connectivity index (χ3n) is 3.98. The summed E-state index contributed by atoms with van der Waals surface area (Å²) < 4.78 is 10.6. The topological polar surface area (TPSA) is 115 Å². The second kappa shape index (κ2) is 8.11. The van der Waals surface area contributed by atoms with Gasteiger partial charge in [-0.15, -0.1) is 0 Å². The highest BCUT2D eigenvalue weighted by Crippen LogP contribution is 2.26. The van der Waals surface area contributed by atoms with Crippen molar-refractivity contribution in [3.8, 4) is 11.3 Å². The van der Waals surface area contributed by atoms with E-state index in [9.17, 15) is 19.7 Å². The number of nitro groups is 1. The van der Waals surface area contributed by atoms with Crippen molar-refractivity contribution in [3.63, 3.8) is 0 Å². The molecule has 1 saturated heterocycles. The van der Waals surface area contributed by atoms with Gasteiger partial charge in [-0.3, -0.25) is 29.9 Å². The van der Waals surface area contributed by atoms with Crippen LogP contribution in [-0.4, -0.2) is 47.0 Å². The molecular weight excluding hydrogens is 386 g/mol. The lowest BCUT2D eigenvalue weighted by atomic mass is 10.1. The number of nitro benzene ring substituents is 1. The fourth-order valence-electron chi connectivity index (χ4n) is 2.55. The maximum atomic E-state index is 12.6. The third-order valence-corrected chi connectivity index (χ3v) is 4.30. The number of ether oxygens (including phenoxy) is 1. The quantitative estimate of drug-likeness (QED) is 0.259. The molecule has 0 aliphatic carbocycles. The van der Waals surface area contributed by atoms with E-state index in [0.717, 1.165) is 0 Å². The van der Waals surface area contributed by atoms with E-state index in [1.807, 2.05) is 0 Å². The number of amides is 2. The molecule has 2 heterocycles. The molecule has 0 radical (unpaired) electrons. The molecular formula is C18H15N3O6S. The zero-order valence-electron chi connectivity index (χ0n) is 14.7. The van der Waals surface area contributed by atoms with Crippen molar-refractivity contribution in [2.75, 3.05) is 20.3 Å². The van der Waals surface area contributed by atoms with E-state index in [4.69, 9.17) is 21.4 Å². The van der Waals surface area contributed by atoms with Crippen LogP contribution in [-0.2, 0) is 14.3 Å². The molecule has 0 unspecified atom stereocenters. The van der Waals surface area contributed by atoms with Crippen molar-refractivity contribution in [2.45, 2.75) is 0 Å². The van der Waals surface area contributed by atoms with E-state index in [0.29, 0.717) is 11.3 Å². The summed E-state index contributed by atoms with van der Waals surface area (Å²) >= 11 is 5.03. The van der Waals surface area contributed by atoms with Crippen molar-refractivity contribution >= 4 is 40.9 Å². The first kappa shape index (κ1) is 19.4. The maximum Gasteiger partial charge on any atom is 0.269 e. The fourth-order valence-corrected chi connectivity index (χ4v) is 2.82. The van der Waals surface area contributed by atoms with Crippen LogP contribution < -0.4 is 5.32 Å². The Labute approximate surface area is 164 Å². The highest BCUT2D eigenvalue weighted by molar-refractivity contribution is 7.80. The van der Waals surface area contributed by atoms with Crippen LogP contribution in [0.25, 0.3) is 17.4 Å². The Morgan fingerprint density at radius 3 is 2.61 bits per heavy atom. The highest BCUT2D eigenvalue weighted by atomic mass is 32.1. The number of thiocarbonyl (C=S) groups is 1. The minimum Gasteiger partial charge on any atom is -0.457 e. The third kappa shape index (κ3) is 3.97. The monoisotopic (exact) mass is 401 g/mol. The fraction of sp³-hybridized carbons (Fsp3) is 0.167. The van der Waals surface area contributed by atoms with Crippen LogP contribution in [0.1, 0.15) is 5.76 Å². The number of nitrogens with zero attached hydrogens (tertiary/aromatic N) is 2. The molecule has 0 spiro atoms. The number of carbonyl (C=O) groups is 2. The van der Waals surface area contributed by atoms with Crippen molar-refractivity contribution < 1.29 is 23.7 Å². The van der Waals surface area contributed by atoms with Crippen LogP contribution in [0.5, 0.6) is 0 Å². The Kier molecular flexibility index (Phi) is 5.62. The number of carbonyl (C=O) groups excluding carboxylic acids is 2. The highest BCUT2D eigenvalue weighted by Gasteiger charge is 2.33. The van der Waals surface area contributed by atoms with Gasteiger partial charge >= 0.3 is 0 Å². The van der Waals surface area contributed by atoms with Gasteiger partial charge in [0.05, 0.1) is 18.1 Å². The predicted octanol–water partition coefficient (Wildman–Crippen LogP) is 2.13. The summed E-state index contributed by atoms with van der Waals surface area (Å²) in [4.78, 5) is 36.2. The SMILES string of the molecule is COCCN1C(=O)C(=Cc2ccc(-c3ccc([N+](=O)[O-])cc3)o2)C(=O)NC1=S. The van der Waals surface area contributed by atoms with E-state index >= 15 is 0 Å². The average molecular weight is 401 g/mol. The minimum absolute atomic E-state index is 0.0233. The molecule has 1 aliphatic heterocycles. The molecule has 1 aromatic heterocycles. The molecule has 3 rings (SSSR count). The first-order chi connectivity index (χ1) is 13.4. The smallest absolute Gasteiger partial charge is 0.269 e. The Hall–Kier alpha value is -3.37. The lowest BCUT2D eigenvalue weighted by molar-refractivity contribution is -0.384. The van der Waals surface area contributed by atoms with Crippen molar-refractivity contribution in [3.05, 3.63) is 57.8 Å². The lowest BCUT2D eigenvalue weighted by Crippen LogP contribution is -2.54. The van der Waals surface area contributed by atoms with Gasteiger partial charge in [0.1, 0.15) is 17.1 Å². The molecule has 0 bridgehead atoms. The first-order valence-corrected chi connectivity index (χ1v) is 8.54. The molecule has 0 atom stereocenters. The Bertz CT molecular complexity index is 979. The van der Waals surface area contributed by atoms with Crippen LogP contribution in [0.15, 0.2) is 46.4 Å². The van der Waals surface area contributed by atoms with Gasteiger partial charge in [0.15, 0.2) is 5.11 Å². The number of rotatable bonds is 6. The molecule has 28 heavy (non-hydrogen) atoms. The molecule has 1 aromatic carbocycles. The van der Waals surface area contributed by atoms with Gasteiger partial charge in [-0.25, -0.2) is 0 Å². The molecule has 0 saturated carbocycles. The largest absolute Gasteiger partial charge is 0.457 e. The van der Waals surface area contributed by atoms with Gasteiger partial charge in [0.25, 0.3) is 17.5 Å². The first-order valence-electron chi connectivity index (χ1n) is 8.13. The summed E-state index contributed by atoms with van der Waals surface area (Å²) in [6.45, 7) is 0.470. The number of non-ortho nitro benzene ring substituents is 1. The van der Waals surface area contributed by atoms with E-state index in [2.05, 4.69) is 5.32 Å². The van der Waals surface area contributed by atoms with Crippen LogP contribution in [0, 0.1) is 10.1 Å². The number of furan rings is 1. The van der Waals surface area contributed by atoms with Crippen molar-refractivity contribution in [1.82, 2.24) is 10.2 Å². The number of nitrogens with one attached hydrogen (secondary N) is 1. The van der Waals surface area contributed by atoms with Crippen LogP contribution in [0.3, 0.4) is 0 Å². The summed E-state index contributed by atoms with van der Waals surface area (Å²) in [6, 6.07) is 9.07. The van der Waals surface area contributed by atoms with Gasteiger partial charge in [0, 0.05) is 24.8 Å². The molecule has 10 heteroatoms. The molecule has 9 nitrogen and oxygen atoms in total. The van der Waals surface area contributed by atoms with E-state index in [1.54, 1.807) is 24.3 Å². The van der Waals surface area contributed by atoms with E-state index in [1.165, 1.54) is 30.2 Å². The summed E-state index contributed by atoms with van der Waals surface area (Å²) in [5, 5.41) is 13.2. The van der Waals surface area contributed by atoms with Crippen LogP contribution in [0.4, 0.5) is 5.69 Å². The van der Waals surface area contributed by atoms with Gasteiger partial charge in [-0.2, -0.15) is 0 Å². The van der Waals surface area contributed by atoms with E-state index < -0.39 is 16.7 Å². The molecule has 1 fully saturated rings. The lowest BCUT2D eigenvalue weighted by Gasteiger charge is -2.28. The number of hydrogen-bond donors (Lipinski definition) is 1. The summed E-state index contributed by atoms with van der Waals surface area (Å²) in [6.07, 6.45) is 1.33. The standard InChI is InChI=1S/C18H15N3O6S/c1-26-9-8-20-17(23)14(16(22)19-18(20)28)10-13-6-7-15(27-13)11-2-4-12(5-3-11)21(24)25/h2-7,10H,8-9H2,1H3,(H,19,22,28). The summed E-state index contributed by atoms with van der Waals surface area (Å²) in [5.74, 6) is -0.431. The normalized spacial score (nSPS) is 15.8. The van der Waals surface area contributed by atoms with Gasteiger partial charge in [0.2, 0.25) is 0 Å². The summed E-state index contributed by atoms with van der Waals surface area (Å²) in [5.41, 5.74) is 0.473. The molecule has 2 amide bonds. The molecule has 2 aromatic rings. The Morgan fingerprint density at radius 2 is 1.96 bits per heavy atom. The van der Waals surface area contributed by atoms with Crippen molar-refractivity contribution in [2.24, 2.45) is 0 Å². The Balaban J connectivity index is 1.84. The van der Waals surface area contributed by atoms with Gasteiger partial charge < -0.3 is 9.15 Å². The molecule has 1 aliphatic rings. The van der Waals surface area contributed by atoms with E-state index in [-0.39, 0.29) is 35.3 Å². The number of methoxy groups -OCH3 is 1. The van der Waals surface area contributed by atoms with Crippen molar-refractivity contribution in [1.29, 1.82) is 0 Å². The van der Waals surface area contributed by atoms with Crippen LogP contribution in [0.2, 0.25) is 0 Å².